The van der Waals surface area contributed by atoms with E-state index in [1.807, 2.05) is 27.7 Å². The number of nitrogens with one attached hydrogen (secondary N) is 1. The molecule has 0 saturated heterocycles. The van der Waals surface area contributed by atoms with Gasteiger partial charge in [-0.2, -0.15) is 4.98 Å². The van der Waals surface area contributed by atoms with Gasteiger partial charge in [0, 0.05) is 12.5 Å². The average Bonchev–Trinajstić information content (AvgIpc) is 2.34. The third kappa shape index (κ3) is 3.77. The summed E-state index contributed by atoms with van der Waals surface area (Å²) in [6.45, 7) is 8.47. The van der Waals surface area contributed by atoms with Crippen LogP contribution < -0.4 is 10.1 Å². The fourth-order valence-corrected chi connectivity index (χ4v) is 1.44. The maximum atomic E-state index is 11.1. The molecule has 19 heavy (non-hydrogen) atoms. The number of methoxy groups -OCH3 is 1. The molecule has 0 aliphatic rings. The molecule has 0 aliphatic carbocycles. The topological polar surface area (TPSA) is 90.2 Å². The Morgan fingerprint density at radius 1 is 1.32 bits per heavy atom. The van der Waals surface area contributed by atoms with Crippen molar-refractivity contribution in [2.75, 3.05) is 19.0 Å². The van der Waals surface area contributed by atoms with Crippen molar-refractivity contribution in [1.82, 2.24) is 9.97 Å². The molecule has 1 N–H and O–H groups in total. The molecule has 1 aromatic heterocycles. The van der Waals surface area contributed by atoms with Crippen LogP contribution in [0.3, 0.4) is 0 Å². The number of aromatic nitrogens is 2. The first kappa shape index (κ1) is 15.1. The molecule has 0 amide bonds. The van der Waals surface area contributed by atoms with Crippen LogP contribution in [-0.4, -0.2) is 28.5 Å². The highest BCUT2D eigenvalue weighted by molar-refractivity contribution is 5.61. The zero-order valence-corrected chi connectivity index (χ0v) is 11.9. The van der Waals surface area contributed by atoms with E-state index in [1.54, 1.807) is 0 Å². The lowest BCUT2D eigenvalue weighted by Gasteiger charge is -2.12. The lowest BCUT2D eigenvalue weighted by Crippen LogP contribution is -2.14. The van der Waals surface area contributed by atoms with Crippen molar-refractivity contribution in [2.24, 2.45) is 5.92 Å². The number of nitrogens with zero attached hydrogens (tertiary/aromatic N) is 3. The number of rotatable bonds is 6. The van der Waals surface area contributed by atoms with Crippen LogP contribution in [-0.2, 0) is 0 Å². The van der Waals surface area contributed by atoms with Crippen LogP contribution >= 0.6 is 0 Å². The molecule has 0 radical (unpaired) electrons. The Hall–Kier alpha value is -1.92. The van der Waals surface area contributed by atoms with E-state index in [2.05, 4.69) is 15.3 Å². The van der Waals surface area contributed by atoms with Crippen LogP contribution in [0.5, 0.6) is 5.88 Å². The standard InChI is InChI=1S/C12H20N4O3/c1-7(2)6-13-11-9(16(17)18)12(19-5)15-10(14-11)8(3)4/h7-8H,6H2,1-5H3,(H,13,14,15). The molecule has 0 saturated carbocycles. The van der Waals surface area contributed by atoms with Gasteiger partial charge in [-0.1, -0.05) is 27.7 Å². The molecule has 0 spiro atoms. The molecular formula is C12H20N4O3. The first-order chi connectivity index (χ1) is 8.86. The minimum atomic E-state index is -0.522. The summed E-state index contributed by atoms with van der Waals surface area (Å²) < 4.78 is 5.01. The maximum absolute atomic E-state index is 11.1. The molecule has 0 unspecified atom stereocenters. The summed E-state index contributed by atoms with van der Waals surface area (Å²) in [6.07, 6.45) is 0. The predicted octanol–water partition coefficient (Wildman–Crippen LogP) is 2.58. The lowest BCUT2D eigenvalue weighted by molar-refractivity contribution is -0.385. The van der Waals surface area contributed by atoms with Crippen molar-refractivity contribution < 1.29 is 9.66 Å². The molecule has 7 heteroatoms. The Labute approximate surface area is 112 Å². The Morgan fingerprint density at radius 2 is 1.95 bits per heavy atom. The Bertz CT molecular complexity index is 461. The van der Waals surface area contributed by atoms with E-state index in [-0.39, 0.29) is 23.3 Å². The van der Waals surface area contributed by atoms with Gasteiger partial charge < -0.3 is 10.1 Å². The third-order valence-electron chi connectivity index (χ3n) is 2.44. The summed E-state index contributed by atoms with van der Waals surface area (Å²) in [5.74, 6) is 1.15. The Kier molecular flexibility index (Phi) is 5.02. The minimum absolute atomic E-state index is 0.00467. The van der Waals surface area contributed by atoms with Gasteiger partial charge in [0.2, 0.25) is 5.82 Å². The molecule has 0 aliphatic heterocycles. The number of nitro groups is 1. The van der Waals surface area contributed by atoms with Gasteiger partial charge in [0.1, 0.15) is 5.82 Å². The van der Waals surface area contributed by atoms with Gasteiger partial charge in [-0.3, -0.25) is 10.1 Å². The summed E-state index contributed by atoms with van der Waals surface area (Å²) in [6, 6.07) is 0. The minimum Gasteiger partial charge on any atom is -0.476 e. The molecule has 7 nitrogen and oxygen atoms in total. The van der Waals surface area contributed by atoms with Crippen molar-refractivity contribution >= 4 is 11.5 Å². The quantitative estimate of drug-likeness (QED) is 0.630. The number of anilines is 1. The largest absolute Gasteiger partial charge is 0.476 e. The number of ether oxygens (including phenoxy) is 1. The zero-order valence-electron chi connectivity index (χ0n) is 11.9. The Morgan fingerprint density at radius 3 is 2.37 bits per heavy atom. The van der Waals surface area contributed by atoms with Gasteiger partial charge in [-0.05, 0) is 5.92 Å². The van der Waals surface area contributed by atoms with E-state index in [1.165, 1.54) is 7.11 Å². The SMILES string of the molecule is COc1nc(C(C)C)nc(NCC(C)C)c1[N+](=O)[O-]. The number of hydrogen-bond acceptors (Lipinski definition) is 6. The van der Waals surface area contributed by atoms with Crippen molar-refractivity contribution in [2.45, 2.75) is 33.6 Å². The van der Waals surface area contributed by atoms with E-state index in [0.717, 1.165) is 0 Å². The van der Waals surface area contributed by atoms with Crippen LogP contribution in [0.2, 0.25) is 0 Å². The second kappa shape index (κ2) is 6.31. The van der Waals surface area contributed by atoms with Gasteiger partial charge in [0.05, 0.1) is 12.0 Å². The van der Waals surface area contributed by atoms with Gasteiger partial charge in [0.15, 0.2) is 0 Å². The van der Waals surface area contributed by atoms with E-state index < -0.39 is 4.92 Å². The molecule has 106 valence electrons. The summed E-state index contributed by atoms with van der Waals surface area (Å²) in [5.41, 5.74) is -0.215. The van der Waals surface area contributed by atoms with Gasteiger partial charge in [-0.15, -0.1) is 0 Å². The Balaban J connectivity index is 3.28. The molecule has 1 heterocycles. The van der Waals surface area contributed by atoms with E-state index in [4.69, 9.17) is 4.74 Å². The fourth-order valence-electron chi connectivity index (χ4n) is 1.44. The molecule has 0 aromatic carbocycles. The van der Waals surface area contributed by atoms with Crippen molar-refractivity contribution in [1.29, 1.82) is 0 Å². The fraction of sp³-hybridized carbons (Fsp3) is 0.667. The second-order valence-corrected chi connectivity index (χ2v) is 4.97. The average molecular weight is 268 g/mol. The molecular weight excluding hydrogens is 248 g/mol. The van der Waals surface area contributed by atoms with Crippen molar-refractivity contribution in [3.8, 4) is 5.88 Å². The van der Waals surface area contributed by atoms with Crippen molar-refractivity contribution in [3.63, 3.8) is 0 Å². The van der Waals surface area contributed by atoms with E-state index in [9.17, 15) is 10.1 Å². The second-order valence-electron chi connectivity index (χ2n) is 4.97. The summed E-state index contributed by atoms with van der Waals surface area (Å²) in [4.78, 5) is 18.9. The highest BCUT2D eigenvalue weighted by Crippen LogP contribution is 2.33. The van der Waals surface area contributed by atoms with Crippen LogP contribution in [0.25, 0.3) is 0 Å². The molecule has 1 aromatic rings. The van der Waals surface area contributed by atoms with Gasteiger partial charge in [-0.25, -0.2) is 4.98 Å². The normalized spacial score (nSPS) is 10.9. The first-order valence-electron chi connectivity index (χ1n) is 6.21. The van der Waals surface area contributed by atoms with Crippen LogP contribution in [0, 0.1) is 16.0 Å². The number of hydrogen-bond donors (Lipinski definition) is 1. The zero-order chi connectivity index (χ0) is 14.6. The lowest BCUT2D eigenvalue weighted by atomic mass is 10.2. The third-order valence-corrected chi connectivity index (χ3v) is 2.44. The summed E-state index contributed by atoms with van der Waals surface area (Å²) >= 11 is 0. The smallest absolute Gasteiger partial charge is 0.372 e. The summed E-state index contributed by atoms with van der Waals surface area (Å²) in [7, 11) is 1.37. The van der Waals surface area contributed by atoms with E-state index in [0.29, 0.717) is 18.3 Å². The van der Waals surface area contributed by atoms with Gasteiger partial charge >= 0.3 is 5.69 Å². The van der Waals surface area contributed by atoms with Gasteiger partial charge in [0.25, 0.3) is 5.88 Å². The van der Waals surface area contributed by atoms with Crippen LogP contribution in [0.15, 0.2) is 0 Å². The molecule has 0 atom stereocenters. The first-order valence-corrected chi connectivity index (χ1v) is 6.21. The molecule has 0 fully saturated rings. The van der Waals surface area contributed by atoms with E-state index >= 15 is 0 Å². The van der Waals surface area contributed by atoms with Crippen LogP contribution in [0.1, 0.15) is 39.4 Å². The predicted molar refractivity (Wildman–Crippen MR) is 72.7 cm³/mol. The molecule has 1 rings (SSSR count). The maximum Gasteiger partial charge on any atom is 0.372 e. The van der Waals surface area contributed by atoms with Crippen molar-refractivity contribution in [3.05, 3.63) is 15.9 Å². The van der Waals surface area contributed by atoms with Crippen LogP contribution in [0.4, 0.5) is 11.5 Å². The molecule has 0 bridgehead atoms. The monoisotopic (exact) mass is 268 g/mol. The summed E-state index contributed by atoms with van der Waals surface area (Å²) in [5, 5.41) is 14.1. The highest BCUT2D eigenvalue weighted by Gasteiger charge is 2.26. The highest BCUT2D eigenvalue weighted by atomic mass is 16.6.